The van der Waals surface area contributed by atoms with Crippen LogP contribution in [0.15, 0.2) is 82.6 Å². The van der Waals surface area contributed by atoms with Crippen molar-refractivity contribution in [2.45, 2.75) is 22.3 Å². The zero-order valence-electron chi connectivity index (χ0n) is 16.5. The van der Waals surface area contributed by atoms with Crippen molar-refractivity contribution < 1.29 is 23.4 Å². The van der Waals surface area contributed by atoms with Crippen molar-refractivity contribution in [3.05, 3.63) is 94.5 Å². The van der Waals surface area contributed by atoms with Gasteiger partial charge >= 0.3 is 35.5 Å². The van der Waals surface area contributed by atoms with Gasteiger partial charge in [0, 0.05) is 11.6 Å². The number of aliphatic hydroxyl groups is 1. The first-order valence-corrected chi connectivity index (χ1v) is 11.4. The number of hydrogen-bond acceptors (Lipinski definition) is 5. The minimum absolute atomic E-state index is 0. The van der Waals surface area contributed by atoms with Crippen LogP contribution < -0.4 is 5.32 Å². The summed E-state index contributed by atoms with van der Waals surface area (Å²) in [7, 11) is -3.84. The van der Waals surface area contributed by atoms with Gasteiger partial charge in [0.15, 0.2) is 0 Å². The van der Waals surface area contributed by atoms with Crippen molar-refractivity contribution in [3.8, 4) is 0 Å². The predicted octanol–water partition coefficient (Wildman–Crippen LogP) is 3.09. The van der Waals surface area contributed by atoms with Gasteiger partial charge in [-0.1, -0.05) is 41.9 Å². The van der Waals surface area contributed by atoms with Gasteiger partial charge in [0.1, 0.15) is 0 Å². The van der Waals surface area contributed by atoms with Crippen molar-refractivity contribution >= 4 is 57.0 Å². The van der Waals surface area contributed by atoms with Gasteiger partial charge in [-0.15, -0.1) is 0 Å². The fourth-order valence-electron chi connectivity index (χ4n) is 3.10. The zero-order valence-corrected chi connectivity index (χ0v) is 18.1. The minimum atomic E-state index is -3.84. The summed E-state index contributed by atoms with van der Waals surface area (Å²) in [4.78, 5) is 11.2. The van der Waals surface area contributed by atoms with Gasteiger partial charge in [-0.3, -0.25) is 0 Å². The molecule has 6 nitrogen and oxygen atoms in total. The summed E-state index contributed by atoms with van der Waals surface area (Å²) in [5, 5.41) is 23.1. The van der Waals surface area contributed by atoms with E-state index in [4.69, 9.17) is 16.7 Å². The summed E-state index contributed by atoms with van der Waals surface area (Å²) in [6.07, 6.45) is -0.146. The molecule has 0 radical (unpaired) electrons. The van der Waals surface area contributed by atoms with Crippen molar-refractivity contribution in [3.63, 3.8) is 0 Å². The fourth-order valence-corrected chi connectivity index (χ4v) is 4.68. The molecule has 0 aliphatic heterocycles. The van der Waals surface area contributed by atoms with Crippen LogP contribution in [0, 0.1) is 0 Å². The van der Waals surface area contributed by atoms with E-state index in [-0.39, 0.29) is 44.9 Å². The number of carboxylic acid groups (broad SMARTS) is 1. The Labute approximate surface area is 214 Å². The first kappa shape index (κ1) is 26.5. The summed E-state index contributed by atoms with van der Waals surface area (Å²) in [5.74, 6) is -1.18. The molecule has 0 saturated heterocycles. The van der Waals surface area contributed by atoms with E-state index in [1.54, 1.807) is 36.4 Å². The van der Waals surface area contributed by atoms with E-state index in [0.717, 1.165) is 17.2 Å². The van der Waals surface area contributed by atoms with Crippen LogP contribution in [0.4, 0.5) is 0 Å². The molecule has 0 amide bonds. The number of hydrogen-bond donors (Lipinski definition) is 3. The van der Waals surface area contributed by atoms with E-state index in [1.165, 1.54) is 24.3 Å². The van der Waals surface area contributed by atoms with E-state index in [1.807, 2.05) is 6.07 Å². The van der Waals surface area contributed by atoms with Crippen LogP contribution >= 0.6 is 11.6 Å². The molecule has 3 N–H and O–H groups in total. The van der Waals surface area contributed by atoms with Crippen molar-refractivity contribution in [1.82, 2.24) is 5.32 Å². The molecule has 0 fully saturated rings. The molecule has 3 rings (SSSR count). The van der Waals surface area contributed by atoms with Gasteiger partial charge in [0.2, 0.25) is 9.84 Å². The molecule has 0 heterocycles. The third-order valence-electron chi connectivity index (χ3n) is 4.76. The monoisotopic (exact) mass is 483 g/mol. The second-order valence-corrected chi connectivity index (χ2v) is 9.39. The van der Waals surface area contributed by atoms with Gasteiger partial charge in [-0.2, -0.15) is 0 Å². The molecule has 0 aliphatic rings. The quantitative estimate of drug-likeness (QED) is 0.319. The van der Waals surface area contributed by atoms with Crippen LogP contribution in [0.2, 0.25) is 5.02 Å². The topological polar surface area (TPSA) is 104 Å². The Morgan fingerprint density at radius 3 is 2.31 bits per heavy atom. The van der Waals surface area contributed by atoms with Crippen LogP contribution in [-0.4, -0.2) is 67.2 Å². The molecule has 0 bridgehead atoms. The molecule has 0 unspecified atom stereocenters. The van der Waals surface area contributed by atoms with Gasteiger partial charge in [0.25, 0.3) is 0 Å². The molecule has 0 aromatic heterocycles. The maximum absolute atomic E-state index is 12.9. The normalized spacial score (nSPS) is 12.1. The van der Waals surface area contributed by atoms with Crippen LogP contribution in [-0.2, 0) is 16.3 Å². The number of rotatable bonds is 9. The zero-order chi connectivity index (χ0) is 22.4. The first-order valence-electron chi connectivity index (χ1n) is 9.59. The van der Waals surface area contributed by atoms with Crippen LogP contribution in [0.1, 0.15) is 27.6 Å². The number of nitrogens with one attached hydrogen (secondary N) is 1. The van der Waals surface area contributed by atoms with Gasteiger partial charge in [-0.05, 0) is 66.6 Å². The summed E-state index contributed by atoms with van der Waals surface area (Å²) in [6, 6.07) is 18.9. The molecule has 1 atom stereocenters. The Morgan fingerprint density at radius 1 is 0.969 bits per heavy atom. The Balaban J connectivity index is 0.00000363. The molecule has 164 valence electrons. The van der Waals surface area contributed by atoms with Gasteiger partial charge < -0.3 is 15.5 Å². The van der Waals surface area contributed by atoms with Crippen LogP contribution in [0.3, 0.4) is 0 Å². The molecule has 0 saturated carbocycles. The Bertz CT molecular complexity index is 1190. The SMILES string of the molecule is O=C(O)c1cccc(S(=O)(=O)c2cccc(CCNC[C@@H](O)c3cccc(Cl)c3)c2)c1.[NaH]. The molecule has 9 heteroatoms. The van der Waals surface area contributed by atoms with Gasteiger partial charge in [0.05, 0.1) is 21.5 Å². The fraction of sp³-hybridized carbons (Fsp3) is 0.174. The Kier molecular flexibility index (Phi) is 9.91. The summed E-state index contributed by atoms with van der Waals surface area (Å²) >= 11 is 5.94. The number of aromatic carboxylic acids is 1. The molecular formula is C23H23ClNNaO5S. The second kappa shape index (κ2) is 12.0. The van der Waals surface area contributed by atoms with E-state index in [9.17, 15) is 18.3 Å². The second-order valence-electron chi connectivity index (χ2n) is 7.01. The van der Waals surface area contributed by atoms with Crippen LogP contribution in [0.25, 0.3) is 0 Å². The van der Waals surface area contributed by atoms with E-state index < -0.39 is 21.9 Å². The van der Waals surface area contributed by atoms with E-state index in [0.29, 0.717) is 24.5 Å². The molecule has 0 spiro atoms. The summed E-state index contributed by atoms with van der Waals surface area (Å²) in [6.45, 7) is 0.871. The number of aliphatic hydroxyl groups excluding tert-OH is 1. The standard InChI is InChI=1S/C23H22ClNO5S.Na.H/c24-19-7-2-5-17(13-19)22(26)15-25-11-10-16-4-1-8-20(12-16)31(29,30)21-9-3-6-18(14-21)23(27)28;;/h1-9,12-14,22,25-26H,10-11,15H2,(H,27,28);;/t22-;;/m1../s1. The van der Waals surface area contributed by atoms with Gasteiger partial charge in [-0.25, -0.2) is 13.2 Å². The van der Waals surface area contributed by atoms with E-state index >= 15 is 0 Å². The third-order valence-corrected chi connectivity index (χ3v) is 6.75. The average molecular weight is 484 g/mol. The number of benzene rings is 3. The molecule has 32 heavy (non-hydrogen) atoms. The number of carboxylic acids is 1. The maximum atomic E-state index is 12.9. The molecule has 0 aliphatic carbocycles. The molecular weight excluding hydrogens is 461 g/mol. The van der Waals surface area contributed by atoms with Crippen molar-refractivity contribution in [2.24, 2.45) is 0 Å². The predicted molar refractivity (Wildman–Crippen MR) is 125 cm³/mol. The summed E-state index contributed by atoms with van der Waals surface area (Å²) in [5.41, 5.74) is 1.44. The third kappa shape index (κ3) is 6.89. The number of carbonyl (C=O) groups is 1. The van der Waals surface area contributed by atoms with Crippen molar-refractivity contribution in [1.29, 1.82) is 0 Å². The van der Waals surface area contributed by atoms with E-state index in [2.05, 4.69) is 5.32 Å². The molecule has 3 aromatic rings. The Morgan fingerprint density at radius 2 is 1.62 bits per heavy atom. The first-order chi connectivity index (χ1) is 14.8. The average Bonchev–Trinajstić information content (AvgIpc) is 2.77. The van der Waals surface area contributed by atoms with Crippen molar-refractivity contribution in [2.75, 3.05) is 13.1 Å². The number of halogens is 1. The number of sulfone groups is 1. The Hall–Kier alpha value is -1.71. The van der Waals surface area contributed by atoms with Crippen LogP contribution in [0.5, 0.6) is 0 Å². The molecule has 3 aromatic carbocycles. The summed E-state index contributed by atoms with van der Waals surface area (Å²) < 4.78 is 25.8.